The third-order valence-electron chi connectivity index (χ3n) is 5.26. The molecule has 0 spiro atoms. The molecule has 0 bridgehead atoms. The van der Waals surface area contributed by atoms with E-state index in [9.17, 15) is 9.59 Å². The molecule has 106 valence electrons. The first-order chi connectivity index (χ1) is 9.13. The molecule has 1 aliphatic heterocycles. The van der Waals surface area contributed by atoms with Crippen LogP contribution in [-0.4, -0.2) is 35.8 Å². The number of nitrogens with one attached hydrogen (secondary N) is 1. The second kappa shape index (κ2) is 4.80. The van der Waals surface area contributed by atoms with Crippen molar-refractivity contribution in [3.63, 3.8) is 0 Å². The maximum Gasteiger partial charge on any atom is 0.245 e. The molecular formula is C15H24N2O2. The fraction of sp³-hybridized carbons (Fsp3) is 0.867. The van der Waals surface area contributed by atoms with E-state index < -0.39 is 0 Å². The highest BCUT2D eigenvalue weighted by Gasteiger charge is 2.45. The van der Waals surface area contributed by atoms with E-state index in [0.29, 0.717) is 5.92 Å². The van der Waals surface area contributed by atoms with Gasteiger partial charge in [0.25, 0.3) is 0 Å². The summed E-state index contributed by atoms with van der Waals surface area (Å²) in [4.78, 5) is 26.2. The molecule has 19 heavy (non-hydrogen) atoms. The van der Waals surface area contributed by atoms with Gasteiger partial charge in [-0.3, -0.25) is 9.59 Å². The maximum absolute atomic E-state index is 12.5. The van der Waals surface area contributed by atoms with Crippen LogP contribution in [0.25, 0.3) is 0 Å². The predicted octanol–water partition coefficient (Wildman–Crippen LogP) is 1.69. The molecule has 4 nitrogen and oxygen atoms in total. The Hall–Kier alpha value is -1.06. The molecule has 1 N–H and O–H groups in total. The summed E-state index contributed by atoms with van der Waals surface area (Å²) >= 11 is 0. The van der Waals surface area contributed by atoms with Crippen LogP contribution in [0.15, 0.2) is 0 Å². The zero-order chi connectivity index (χ0) is 13.5. The summed E-state index contributed by atoms with van der Waals surface area (Å²) in [7, 11) is 0. The van der Waals surface area contributed by atoms with Crippen LogP contribution in [0, 0.1) is 11.3 Å². The lowest BCUT2D eigenvalue weighted by Crippen LogP contribution is -2.60. The van der Waals surface area contributed by atoms with Crippen molar-refractivity contribution in [2.75, 3.05) is 13.1 Å². The summed E-state index contributed by atoms with van der Waals surface area (Å²) in [6, 6.07) is -0.225. The number of hydrogen-bond acceptors (Lipinski definition) is 2. The lowest BCUT2D eigenvalue weighted by molar-refractivity contribution is -0.146. The maximum atomic E-state index is 12.5. The fourth-order valence-electron chi connectivity index (χ4n) is 3.76. The standard InChI is InChI=1S/C15H24N2O2/c1-2-15(7-3-4-8-15)10-17-9-12(18)16-13(14(17)19)11-5-6-11/h11,13H,2-10H2,1H3,(H,16,18). The van der Waals surface area contributed by atoms with Gasteiger partial charge in [0.1, 0.15) is 6.04 Å². The summed E-state index contributed by atoms with van der Waals surface area (Å²) in [5.41, 5.74) is 0.279. The summed E-state index contributed by atoms with van der Waals surface area (Å²) in [6.07, 6.45) is 8.26. The summed E-state index contributed by atoms with van der Waals surface area (Å²) in [5.74, 6) is 0.600. The SMILES string of the molecule is CCC1(CN2CC(=O)NC(C3CC3)C2=O)CCCC1. The van der Waals surface area contributed by atoms with E-state index in [1.54, 1.807) is 0 Å². The van der Waals surface area contributed by atoms with E-state index in [-0.39, 0.29) is 29.8 Å². The quantitative estimate of drug-likeness (QED) is 0.840. The van der Waals surface area contributed by atoms with Crippen molar-refractivity contribution in [3.05, 3.63) is 0 Å². The second-order valence-corrected chi connectivity index (χ2v) is 6.64. The number of carbonyl (C=O) groups excluding carboxylic acids is 2. The van der Waals surface area contributed by atoms with Gasteiger partial charge in [-0.05, 0) is 43.4 Å². The van der Waals surface area contributed by atoms with Crippen LogP contribution >= 0.6 is 0 Å². The molecule has 2 amide bonds. The first-order valence-electron chi connectivity index (χ1n) is 7.72. The Labute approximate surface area is 114 Å². The van der Waals surface area contributed by atoms with Crippen LogP contribution in [0.3, 0.4) is 0 Å². The molecule has 2 saturated carbocycles. The van der Waals surface area contributed by atoms with E-state index in [1.807, 2.05) is 4.90 Å². The van der Waals surface area contributed by atoms with E-state index in [4.69, 9.17) is 0 Å². The Balaban J connectivity index is 1.71. The molecule has 1 atom stereocenters. The van der Waals surface area contributed by atoms with Crippen LogP contribution in [0.1, 0.15) is 51.9 Å². The third kappa shape index (κ3) is 2.49. The van der Waals surface area contributed by atoms with Crippen molar-refractivity contribution in [1.29, 1.82) is 0 Å². The van der Waals surface area contributed by atoms with Gasteiger partial charge in [0.2, 0.25) is 11.8 Å². The molecule has 1 saturated heterocycles. The van der Waals surface area contributed by atoms with E-state index in [0.717, 1.165) is 25.8 Å². The molecule has 1 unspecified atom stereocenters. The van der Waals surface area contributed by atoms with Crippen LogP contribution in [0.4, 0.5) is 0 Å². The Morgan fingerprint density at radius 2 is 1.95 bits per heavy atom. The van der Waals surface area contributed by atoms with Crippen LogP contribution in [0.2, 0.25) is 0 Å². The van der Waals surface area contributed by atoms with Crippen LogP contribution in [0.5, 0.6) is 0 Å². The molecule has 0 aromatic heterocycles. The Bertz CT molecular complexity index is 384. The number of nitrogens with zero attached hydrogens (tertiary/aromatic N) is 1. The van der Waals surface area contributed by atoms with Gasteiger partial charge in [-0.25, -0.2) is 0 Å². The van der Waals surface area contributed by atoms with E-state index >= 15 is 0 Å². The minimum atomic E-state index is -0.225. The number of carbonyl (C=O) groups is 2. The van der Waals surface area contributed by atoms with Crippen molar-refractivity contribution in [2.45, 2.75) is 57.9 Å². The molecule has 0 aromatic rings. The number of amides is 2. The fourth-order valence-corrected chi connectivity index (χ4v) is 3.76. The first kappa shape index (κ1) is 12.9. The highest BCUT2D eigenvalue weighted by atomic mass is 16.2. The average Bonchev–Trinajstić information content (AvgIpc) is 3.14. The van der Waals surface area contributed by atoms with Gasteiger partial charge in [0.05, 0.1) is 6.54 Å². The first-order valence-corrected chi connectivity index (χ1v) is 7.72. The second-order valence-electron chi connectivity index (χ2n) is 6.64. The van der Waals surface area contributed by atoms with Crippen LogP contribution in [-0.2, 0) is 9.59 Å². The Morgan fingerprint density at radius 1 is 1.26 bits per heavy atom. The topological polar surface area (TPSA) is 49.4 Å². The summed E-state index contributed by atoms with van der Waals surface area (Å²) < 4.78 is 0. The Kier molecular flexibility index (Phi) is 3.27. The normalized spacial score (nSPS) is 30.6. The molecule has 4 heteroatoms. The Morgan fingerprint density at radius 3 is 2.53 bits per heavy atom. The van der Waals surface area contributed by atoms with Crippen molar-refractivity contribution < 1.29 is 9.59 Å². The average molecular weight is 264 g/mol. The number of hydrogen-bond donors (Lipinski definition) is 1. The highest BCUT2D eigenvalue weighted by molar-refractivity contribution is 5.95. The van der Waals surface area contributed by atoms with Gasteiger partial charge < -0.3 is 10.2 Å². The largest absolute Gasteiger partial charge is 0.342 e. The summed E-state index contributed by atoms with van der Waals surface area (Å²) in [6.45, 7) is 3.28. The van der Waals surface area contributed by atoms with Gasteiger partial charge in [0, 0.05) is 6.54 Å². The minimum absolute atomic E-state index is 0.0285. The van der Waals surface area contributed by atoms with Gasteiger partial charge >= 0.3 is 0 Å². The predicted molar refractivity (Wildman–Crippen MR) is 72.4 cm³/mol. The van der Waals surface area contributed by atoms with Crippen molar-refractivity contribution >= 4 is 11.8 Å². The molecule has 3 fully saturated rings. The monoisotopic (exact) mass is 264 g/mol. The highest BCUT2D eigenvalue weighted by Crippen LogP contribution is 2.42. The van der Waals surface area contributed by atoms with Crippen molar-refractivity contribution in [1.82, 2.24) is 10.2 Å². The van der Waals surface area contributed by atoms with Gasteiger partial charge in [-0.15, -0.1) is 0 Å². The van der Waals surface area contributed by atoms with Gasteiger partial charge in [-0.2, -0.15) is 0 Å². The number of rotatable bonds is 4. The van der Waals surface area contributed by atoms with Crippen LogP contribution < -0.4 is 5.32 Å². The van der Waals surface area contributed by atoms with Gasteiger partial charge in [-0.1, -0.05) is 19.8 Å². The smallest absolute Gasteiger partial charge is 0.245 e. The lowest BCUT2D eigenvalue weighted by Gasteiger charge is -2.39. The third-order valence-corrected chi connectivity index (χ3v) is 5.26. The molecule has 0 radical (unpaired) electrons. The zero-order valence-electron chi connectivity index (χ0n) is 11.8. The molecule has 3 aliphatic rings. The van der Waals surface area contributed by atoms with Crippen molar-refractivity contribution in [3.8, 4) is 0 Å². The molecule has 0 aromatic carbocycles. The summed E-state index contributed by atoms with van der Waals surface area (Å²) in [5, 5.41) is 2.88. The lowest BCUT2D eigenvalue weighted by atomic mass is 9.82. The molecule has 1 heterocycles. The van der Waals surface area contributed by atoms with E-state index in [1.165, 1.54) is 25.7 Å². The van der Waals surface area contributed by atoms with E-state index in [2.05, 4.69) is 12.2 Å². The molecule has 2 aliphatic carbocycles. The minimum Gasteiger partial charge on any atom is -0.342 e. The molecular weight excluding hydrogens is 240 g/mol. The van der Waals surface area contributed by atoms with Gasteiger partial charge in [0.15, 0.2) is 0 Å². The number of piperazine rings is 1. The zero-order valence-corrected chi connectivity index (χ0v) is 11.8. The van der Waals surface area contributed by atoms with Crippen molar-refractivity contribution in [2.24, 2.45) is 11.3 Å². The molecule has 3 rings (SSSR count).